The van der Waals surface area contributed by atoms with E-state index in [1.807, 2.05) is 6.92 Å². The van der Waals surface area contributed by atoms with E-state index in [4.69, 9.17) is 10.5 Å². The second kappa shape index (κ2) is 5.10. The Bertz CT molecular complexity index is 542. The van der Waals surface area contributed by atoms with Gasteiger partial charge in [-0.15, -0.1) is 10.2 Å². The van der Waals surface area contributed by atoms with Crippen LogP contribution in [0, 0.1) is 12.7 Å². The van der Waals surface area contributed by atoms with Crippen LogP contribution in [-0.2, 0) is 0 Å². The molecule has 0 bridgehead atoms. The molecule has 0 amide bonds. The Morgan fingerprint density at radius 1 is 1.22 bits per heavy atom. The number of hydrogen-bond donors (Lipinski definition) is 1. The van der Waals surface area contributed by atoms with Crippen LogP contribution in [0.3, 0.4) is 0 Å². The summed E-state index contributed by atoms with van der Waals surface area (Å²) >= 11 is 0. The largest absolute Gasteiger partial charge is 0.480 e. The molecule has 4 nitrogen and oxygen atoms in total. The van der Waals surface area contributed by atoms with Crippen LogP contribution in [0.2, 0.25) is 0 Å². The van der Waals surface area contributed by atoms with Gasteiger partial charge < -0.3 is 10.5 Å². The minimum absolute atomic E-state index is 0.342. The Hall–Kier alpha value is -2.01. The van der Waals surface area contributed by atoms with E-state index in [2.05, 4.69) is 10.2 Å². The van der Waals surface area contributed by atoms with E-state index in [9.17, 15) is 4.39 Å². The van der Waals surface area contributed by atoms with Gasteiger partial charge in [-0.2, -0.15) is 0 Å². The predicted molar refractivity (Wildman–Crippen MR) is 65.8 cm³/mol. The van der Waals surface area contributed by atoms with Gasteiger partial charge in [0.1, 0.15) is 5.82 Å². The van der Waals surface area contributed by atoms with Crippen molar-refractivity contribution in [2.24, 2.45) is 5.73 Å². The summed E-state index contributed by atoms with van der Waals surface area (Å²) < 4.78 is 18.6. The SMILES string of the molecule is COc1ccc(C(N)c2cc(C)ccc2F)nn1. The molecule has 0 saturated carbocycles. The lowest BCUT2D eigenvalue weighted by atomic mass is 10.0. The molecule has 2 N–H and O–H groups in total. The molecule has 5 heteroatoms. The van der Waals surface area contributed by atoms with E-state index in [0.29, 0.717) is 17.1 Å². The average molecular weight is 247 g/mol. The Morgan fingerprint density at radius 3 is 2.61 bits per heavy atom. The molecule has 0 aliphatic rings. The number of rotatable bonds is 3. The topological polar surface area (TPSA) is 61.0 Å². The molecule has 1 aromatic heterocycles. The molecule has 18 heavy (non-hydrogen) atoms. The van der Waals surface area contributed by atoms with Gasteiger partial charge in [0.05, 0.1) is 18.8 Å². The molecule has 2 aromatic rings. The molecule has 0 fully saturated rings. The summed E-state index contributed by atoms with van der Waals surface area (Å²) in [5, 5.41) is 7.75. The number of aromatic nitrogens is 2. The number of hydrogen-bond acceptors (Lipinski definition) is 4. The van der Waals surface area contributed by atoms with Gasteiger partial charge in [-0.25, -0.2) is 4.39 Å². The number of ether oxygens (including phenoxy) is 1. The molecule has 0 aliphatic carbocycles. The van der Waals surface area contributed by atoms with Crippen LogP contribution in [-0.4, -0.2) is 17.3 Å². The summed E-state index contributed by atoms with van der Waals surface area (Å²) in [6.07, 6.45) is 0. The molecule has 0 saturated heterocycles. The number of methoxy groups -OCH3 is 1. The van der Waals surface area contributed by atoms with Crippen LogP contribution in [0.15, 0.2) is 30.3 Å². The van der Waals surface area contributed by atoms with Gasteiger partial charge in [0, 0.05) is 11.6 Å². The second-order valence-electron chi connectivity index (χ2n) is 4.00. The highest BCUT2D eigenvalue weighted by molar-refractivity contribution is 5.32. The van der Waals surface area contributed by atoms with Crippen molar-refractivity contribution in [2.75, 3.05) is 7.11 Å². The van der Waals surface area contributed by atoms with Crippen LogP contribution in [0.4, 0.5) is 4.39 Å². The van der Waals surface area contributed by atoms with Crippen LogP contribution in [0.1, 0.15) is 22.9 Å². The standard InChI is InChI=1S/C13H14FN3O/c1-8-3-4-10(14)9(7-8)13(15)11-5-6-12(18-2)17-16-11/h3-7,13H,15H2,1-2H3. The van der Waals surface area contributed by atoms with Crippen LogP contribution < -0.4 is 10.5 Å². The normalized spacial score (nSPS) is 12.2. The van der Waals surface area contributed by atoms with Crippen molar-refractivity contribution < 1.29 is 9.13 Å². The lowest BCUT2D eigenvalue weighted by Crippen LogP contribution is -2.16. The summed E-state index contributed by atoms with van der Waals surface area (Å²) in [4.78, 5) is 0. The van der Waals surface area contributed by atoms with Gasteiger partial charge in [-0.3, -0.25) is 0 Å². The maximum absolute atomic E-state index is 13.7. The molecule has 94 valence electrons. The minimum atomic E-state index is -0.636. The zero-order valence-electron chi connectivity index (χ0n) is 10.2. The van der Waals surface area contributed by atoms with Crippen molar-refractivity contribution in [3.8, 4) is 5.88 Å². The number of benzene rings is 1. The molecule has 0 spiro atoms. The first-order valence-electron chi connectivity index (χ1n) is 5.51. The third kappa shape index (κ3) is 2.46. The average Bonchev–Trinajstić information content (AvgIpc) is 2.41. The molecule has 0 aliphatic heterocycles. The van der Waals surface area contributed by atoms with E-state index in [-0.39, 0.29) is 5.82 Å². The van der Waals surface area contributed by atoms with Gasteiger partial charge in [-0.05, 0) is 19.1 Å². The minimum Gasteiger partial charge on any atom is -0.480 e. The molecule has 1 unspecified atom stereocenters. The van der Waals surface area contributed by atoms with E-state index >= 15 is 0 Å². The summed E-state index contributed by atoms with van der Waals surface area (Å²) in [7, 11) is 1.50. The van der Waals surface area contributed by atoms with Crippen molar-refractivity contribution in [3.63, 3.8) is 0 Å². The first-order chi connectivity index (χ1) is 8.61. The number of halogens is 1. The molecular weight excluding hydrogens is 233 g/mol. The Kier molecular flexibility index (Phi) is 3.53. The van der Waals surface area contributed by atoms with Gasteiger partial charge in [-0.1, -0.05) is 17.7 Å². The summed E-state index contributed by atoms with van der Waals surface area (Å²) in [6.45, 7) is 1.88. The molecule has 1 atom stereocenters. The Balaban J connectivity index is 2.34. The van der Waals surface area contributed by atoms with Crippen molar-refractivity contribution in [1.82, 2.24) is 10.2 Å². The summed E-state index contributed by atoms with van der Waals surface area (Å²) in [5.41, 5.74) is 7.85. The van der Waals surface area contributed by atoms with Crippen LogP contribution in [0.25, 0.3) is 0 Å². The van der Waals surface area contributed by atoms with Gasteiger partial charge in [0.15, 0.2) is 0 Å². The maximum atomic E-state index is 13.7. The molecule has 1 heterocycles. The fourth-order valence-electron chi connectivity index (χ4n) is 1.67. The monoisotopic (exact) mass is 247 g/mol. The smallest absolute Gasteiger partial charge is 0.233 e. The van der Waals surface area contributed by atoms with Gasteiger partial charge >= 0.3 is 0 Å². The quantitative estimate of drug-likeness (QED) is 0.900. The molecule has 1 aromatic carbocycles. The molecule has 2 rings (SSSR count). The highest BCUT2D eigenvalue weighted by Gasteiger charge is 2.15. The fraction of sp³-hybridized carbons (Fsp3) is 0.231. The third-order valence-corrected chi connectivity index (χ3v) is 2.68. The zero-order valence-corrected chi connectivity index (χ0v) is 10.2. The van der Waals surface area contributed by atoms with E-state index in [1.54, 1.807) is 24.3 Å². The van der Waals surface area contributed by atoms with Crippen molar-refractivity contribution in [3.05, 3.63) is 53.0 Å². The van der Waals surface area contributed by atoms with E-state index in [1.165, 1.54) is 13.2 Å². The Labute approximate surface area is 105 Å². The van der Waals surface area contributed by atoms with Crippen molar-refractivity contribution in [1.29, 1.82) is 0 Å². The lowest BCUT2D eigenvalue weighted by molar-refractivity contribution is 0.390. The van der Waals surface area contributed by atoms with E-state index < -0.39 is 6.04 Å². The summed E-state index contributed by atoms with van der Waals surface area (Å²) in [5.74, 6) is 0.0568. The van der Waals surface area contributed by atoms with Gasteiger partial charge in [0.25, 0.3) is 0 Å². The summed E-state index contributed by atoms with van der Waals surface area (Å²) in [6, 6.07) is 7.51. The van der Waals surface area contributed by atoms with Crippen LogP contribution >= 0.6 is 0 Å². The fourth-order valence-corrected chi connectivity index (χ4v) is 1.67. The molecular formula is C13H14FN3O. The third-order valence-electron chi connectivity index (χ3n) is 2.68. The molecule has 0 radical (unpaired) electrons. The van der Waals surface area contributed by atoms with Gasteiger partial charge in [0.2, 0.25) is 5.88 Å². The predicted octanol–water partition coefficient (Wildman–Crippen LogP) is 1.98. The Morgan fingerprint density at radius 2 is 2.00 bits per heavy atom. The lowest BCUT2D eigenvalue weighted by Gasteiger charge is -2.12. The zero-order chi connectivity index (χ0) is 13.1. The van der Waals surface area contributed by atoms with Crippen LogP contribution in [0.5, 0.6) is 5.88 Å². The van der Waals surface area contributed by atoms with Crippen molar-refractivity contribution >= 4 is 0 Å². The number of aryl methyl sites for hydroxylation is 1. The van der Waals surface area contributed by atoms with Crippen molar-refractivity contribution in [2.45, 2.75) is 13.0 Å². The highest BCUT2D eigenvalue weighted by atomic mass is 19.1. The number of nitrogens with two attached hydrogens (primary N) is 1. The first-order valence-corrected chi connectivity index (χ1v) is 5.51. The first kappa shape index (κ1) is 12.4. The number of nitrogens with zero attached hydrogens (tertiary/aromatic N) is 2. The van der Waals surface area contributed by atoms with E-state index in [0.717, 1.165) is 5.56 Å². The maximum Gasteiger partial charge on any atom is 0.233 e. The highest BCUT2D eigenvalue weighted by Crippen LogP contribution is 2.22. The second-order valence-corrected chi connectivity index (χ2v) is 4.00.